The molecule has 1 heterocycles. The molecule has 0 amide bonds. The molecular weight excluding hydrogens is 226 g/mol. The van der Waals surface area contributed by atoms with E-state index in [4.69, 9.17) is 0 Å². The second kappa shape index (κ2) is 3.98. The largest absolute Gasteiger partial charge is 0.307 e. The summed E-state index contributed by atoms with van der Waals surface area (Å²) in [5.41, 5.74) is 1.43. The van der Waals surface area contributed by atoms with E-state index in [0.29, 0.717) is 5.41 Å². The van der Waals surface area contributed by atoms with Gasteiger partial charge in [-0.3, -0.25) is 4.79 Å². The third-order valence-electron chi connectivity index (χ3n) is 3.62. The van der Waals surface area contributed by atoms with Crippen LogP contribution in [0.15, 0.2) is 4.79 Å². The van der Waals surface area contributed by atoms with E-state index in [9.17, 15) is 4.79 Å². The van der Waals surface area contributed by atoms with Crippen LogP contribution in [0.5, 0.6) is 0 Å². The number of nitrogens with zero attached hydrogens (tertiary/aromatic N) is 1. The number of aryl methyl sites for hydroxylation is 1. The van der Waals surface area contributed by atoms with Gasteiger partial charge in [0.25, 0.3) is 0 Å². The summed E-state index contributed by atoms with van der Waals surface area (Å²) < 4.78 is 1.94. The van der Waals surface area contributed by atoms with E-state index in [0.717, 1.165) is 22.9 Å². The summed E-state index contributed by atoms with van der Waals surface area (Å²) in [5.74, 6) is 0.897. The fourth-order valence-electron chi connectivity index (χ4n) is 2.15. The van der Waals surface area contributed by atoms with E-state index >= 15 is 0 Å². The Morgan fingerprint density at radius 3 is 2.47 bits per heavy atom. The Balaban J connectivity index is 2.27. The molecule has 1 aliphatic carbocycles. The van der Waals surface area contributed by atoms with Crippen molar-refractivity contribution in [3.63, 3.8) is 0 Å². The quantitative estimate of drug-likeness (QED) is 0.810. The summed E-state index contributed by atoms with van der Waals surface area (Å²) in [6.07, 6.45) is 3.73. The van der Waals surface area contributed by atoms with Gasteiger partial charge in [0.15, 0.2) is 0 Å². The van der Waals surface area contributed by atoms with Crippen LogP contribution in [-0.2, 0) is 6.54 Å². The monoisotopic (exact) mass is 243 g/mol. The van der Waals surface area contributed by atoms with Crippen molar-refractivity contribution < 1.29 is 0 Å². The first-order valence-corrected chi connectivity index (χ1v) is 6.81. The molecule has 1 saturated carbocycles. The molecule has 0 aliphatic heterocycles. The maximum atomic E-state index is 11.8. The van der Waals surface area contributed by atoms with Crippen LogP contribution in [0.25, 0.3) is 0 Å². The minimum absolute atomic E-state index is 0.193. The molecule has 0 saturated heterocycles. The molecule has 4 heteroatoms. The molecule has 1 fully saturated rings. The highest BCUT2D eigenvalue weighted by Gasteiger charge is 2.36. The minimum Gasteiger partial charge on any atom is -0.302 e. The summed E-state index contributed by atoms with van der Waals surface area (Å²) in [4.78, 5) is 13.1. The molecule has 2 rings (SSSR count). The Labute approximate surface area is 99.7 Å². The fourth-order valence-corrected chi connectivity index (χ4v) is 3.40. The first kappa shape index (κ1) is 11.3. The summed E-state index contributed by atoms with van der Waals surface area (Å²) >= 11 is 5.79. The van der Waals surface area contributed by atoms with Crippen molar-refractivity contribution in [1.82, 2.24) is 4.57 Å². The summed E-state index contributed by atoms with van der Waals surface area (Å²) in [7, 11) is 0. The standard InChI is InChI=1S/C11H17NOS2/c1-8-9(2)15-10(13)12(8)6-11(7-14)4-3-5-11/h14H,3-7H2,1-2H3. The van der Waals surface area contributed by atoms with Crippen LogP contribution in [0.3, 0.4) is 0 Å². The van der Waals surface area contributed by atoms with Gasteiger partial charge in [0.1, 0.15) is 0 Å². The summed E-state index contributed by atoms with van der Waals surface area (Å²) in [6, 6.07) is 0. The molecule has 0 radical (unpaired) electrons. The lowest BCUT2D eigenvalue weighted by atomic mass is 9.70. The molecule has 15 heavy (non-hydrogen) atoms. The predicted octanol–water partition coefficient (Wildman–Crippen LogP) is 2.63. The Morgan fingerprint density at radius 1 is 1.47 bits per heavy atom. The smallest absolute Gasteiger partial charge is 0.302 e. The Kier molecular flexibility index (Phi) is 2.99. The molecule has 0 N–H and O–H groups in total. The van der Waals surface area contributed by atoms with Crippen LogP contribution in [0.4, 0.5) is 0 Å². The third-order valence-corrected chi connectivity index (χ3v) is 5.29. The second-order valence-corrected chi connectivity index (χ2v) is 6.09. The van der Waals surface area contributed by atoms with E-state index in [1.165, 1.54) is 30.6 Å². The van der Waals surface area contributed by atoms with Gasteiger partial charge in [-0.1, -0.05) is 17.8 Å². The average Bonchev–Trinajstić information content (AvgIpc) is 2.37. The van der Waals surface area contributed by atoms with E-state index in [1.807, 2.05) is 18.4 Å². The van der Waals surface area contributed by atoms with Crippen molar-refractivity contribution in [2.75, 3.05) is 5.75 Å². The van der Waals surface area contributed by atoms with Gasteiger partial charge >= 0.3 is 4.87 Å². The van der Waals surface area contributed by atoms with Gasteiger partial charge in [-0.15, -0.1) is 0 Å². The highest BCUT2D eigenvalue weighted by atomic mass is 32.1. The fraction of sp³-hybridized carbons (Fsp3) is 0.727. The first-order valence-electron chi connectivity index (χ1n) is 5.36. The zero-order valence-corrected chi connectivity index (χ0v) is 11.0. The molecule has 1 aliphatic rings. The number of hydrogen-bond acceptors (Lipinski definition) is 3. The highest BCUT2D eigenvalue weighted by Crippen LogP contribution is 2.43. The SMILES string of the molecule is Cc1sc(=O)n(CC2(CS)CCC2)c1C. The number of thiazole rings is 1. The van der Waals surface area contributed by atoms with E-state index in [1.54, 1.807) is 0 Å². The Hall–Kier alpha value is -0.220. The van der Waals surface area contributed by atoms with E-state index in [-0.39, 0.29) is 4.87 Å². The lowest BCUT2D eigenvalue weighted by Gasteiger charge is -2.41. The highest BCUT2D eigenvalue weighted by molar-refractivity contribution is 7.80. The molecular formula is C11H17NOS2. The molecule has 0 bridgehead atoms. The summed E-state index contributed by atoms with van der Waals surface area (Å²) in [5, 5.41) is 0. The molecule has 2 nitrogen and oxygen atoms in total. The van der Waals surface area contributed by atoms with E-state index in [2.05, 4.69) is 12.6 Å². The normalized spacial score (nSPS) is 18.9. The van der Waals surface area contributed by atoms with Crippen molar-refractivity contribution in [1.29, 1.82) is 0 Å². The maximum Gasteiger partial charge on any atom is 0.307 e. The van der Waals surface area contributed by atoms with Crippen molar-refractivity contribution in [3.8, 4) is 0 Å². The van der Waals surface area contributed by atoms with Crippen LogP contribution in [0.1, 0.15) is 29.8 Å². The van der Waals surface area contributed by atoms with Gasteiger partial charge in [0, 0.05) is 17.1 Å². The van der Waals surface area contributed by atoms with Crippen LogP contribution in [0, 0.1) is 19.3 Å². The molecule has 84 valence electrons. The van der Waals surface area contributed by atoms with Gasteiger partial charge < -0.3 is 4.57 Å². The van der Waals surface area contributed by atoms with Gasteiger partial charge in [0.05, 0.1) is 0 Å². The predicted molar refractivity (Wildman–Crippen MR) is 68.2 cm³/mol. The average molecular weight is 243 g/mol. The number of hydrogen-bond donors (Lipinski definition) is 1. The maximum absolute atomic E-state index is 11.8. The molecule has 0 atom stereocenters. The molecule has 0 spiro atoms. The van der Waals surface area contributed by atoms with Gasteiger partial charge in [0.2, 0.25) is 0 Å². The number of aromatic nitrogens is 1. The minimum atomic E-state index is 0.193. The van der Waals surface area contributed by atoms with E-state index < -0.39 is 0 Å². The lowest BCUT2D eigenvalue weighted by Crippen LogP contribution is -2.38. The number of rotatable bonds is 3. The van der Waals surface area contributed by atoms with Gasteiger partial charge in [-0.25, -0.2) is 0 Å². The second-order valence-electron chi connectivity index (χ2n) is 4.61. The zero-order valence-electron chi connectivity index (χ0n) is 9.25. The van der Waals surface area contributed by atoms with Gasteiger partial charge in [-0.2, -0.15) is 12.6 Å². The molecule has 0 aromatic carbocycles. The zero-order chi connectivity index (χ0) is 11.1. The number of thiol groups is 1. The Morgan fingerprint density at radius 2 is 2.13 bits per heavy atom. The van der Waals surface area contributed by atoms with Crippen LogP contribution >= 0.6 is 24.0 Å². The first-order chi connectivity index (χ1) is 7.08. The van der Waals surface area contributed by atoms with Crippen LogP contribution in [-0.4, -0.2) is 10.3 Å². The molecule has 0 unspecified atom stereocenters. The molecule has 1 aromatic rings. The van der Waals surface area contributed by atoms with Crippen LogP contribution in [0.2, 0.25) is 0 Å². The van der Waals surface area contributed by atoms with Crippen molar-refractivity contribution in [3.05, 3.63) is 20.2 Å². The van der Waals surface area contributed by atoms with Crippen LogP contribution < -0.4 is 4.87 Å². The lowest BCUT2D eigenvalue weighted by molar-refractivity contribution is 0.137. The topological polar surface area (TPSA) is 22.0 Å². The van der Waals surface area contributed by atoms with Crippen molar-refractivity contribution in [2.24, 2.45) is 5.41 Å². The Bertz CT molecular complexity index is 409. The van der Waals surface area contributed by atoms with Crippen molar-refractivity contribution in [2.45, 2.75) is 39.7 Å². The summed E-state index contributed by atoms with van der Waals surface area (Å²) in [6.45, 7) is 4.93. The molecule has 1 aromatic heterocycles. The van der Waals surface area contributed by atoms with Crippen molar-refractivity contribution >= 4 is 24.0 Å². The third kappa shape index (κ3) is 1.89. The van der Waals surface area contributed by atoms with Gasteiger partial charge in [-0.05, 0) is 37.9 Å².